The lowest BCUT2D eigenvalue weighted by atomic mass is 10.2. The first-order valence-corrected chi connectivity index (χ1v) is 10.2. The topological polar surface area (TPSA) is 53.0 Å². The Morgan fingerprint density at radius 2 is 1.62 bits per heavy atom. The summed E-state index contributed by atoms with van der Waals surface area (Å²) in [5.74, 6) is 0.846. The van der Waals surface area contributed by atoms with Crippen LogP contribution in [-0.2, 0) is 9.09 Å². The summed E-state index contributed by atoms with van der Waals surface area (Å²) in [5, 5.41) is 0. The molecule has 0 heterocycles. The van der Waals surface area contributed by atoms with Crippen LogP contribution in [0.15, 0.2) is 0 Å². The summed E-state index contributed by atoms with van der Waals surface area (Å²) in [4.78, 5) is 12.3. The molecule has 0 aliphatic carbocycles. The van der Waals surface area contributed by atoms with Crippen LogP contribution in [0, 0.1) is 0 Å². The summed E-state index contributed by atoms with van der Waals surface area (Å²) >= 11 is 17.1. The SMILES string of the molecule is CCN(CC)CC(CCCl)OP(=O)(O)N(CCCl)CCCl. The molecule has 0 amide bonds. The molecule has 0 aromatic carbocycles. The molecular weight excluding hydrogens is 357 g/mol. The van der Waals surface area contributed by atoms with Gasteiger partial charge in [0.25, 0.3) is 0 Å². The Hall–Kier alpha value is 0.940. The van der Waals surface area contributed by atoms with Crippen LogP contribution < -0.4 is 0 Å². The molecule has 5 nitrogen and oxygen atoms in total. The van der Waals surface area contributed by atoms with Crippen molar-refractivity contribution in [3.63, 3.8) is 0 Å². The van der Waals surface area contributed by atoms with Crippen LogP contribution in [0.25, 0.3) is 0 Å². The fourth-order valence-electron chi connectivity index (χ4n) is 1.89. The van der Waals surface area contributed by atoms with Gasteiger partial charge in [-0.1, -0.05) is 13.8 Å². The number of rotatable bonds is 13. The van der Waals surface area contributed by atoms with Crippen LogP contribution in [0.4, 0.5) is 0 Å². The molecule has 2 atom stereocenters. The van der Waals surface area contributed by atoms with Gasteiger partial charge in [-0.05, 0) is 19.5 Å². The maximum atomic E-state index is 12.4. The van der Waals surface area contributed by atoms with E-state index in [1.165, 1.54) is 4.67 Å². The van der Waals surface area contributed by atoms with Crippen molar-refractivity contribution in [2.24, 2.45) is 0 Å². The summed E-state index contributed by atoms with van der Waals surface area (Å²) in [6.45, 7) is 6.84. The van der Waals surface area contributed by atoms with Gasteiger partial charge < -0.3 is 9.79 Å². The van der Waals surface area contributed by atoms with E-state index in [-0.39, 0.29) is 24.8 Å². The molecule has 0 aliphatic rings. The third kappa shape index (κ3) is 8.97. The van der Waals surface area contributed by atoms with Crippen LogP contribution in [0.3, 0.4) is 0 Å². The maximum Gasteiger partial charge on any atom is 0.405 e. The van der Waals surface area contributed by atoms with E-state index in [0.717, 1.165) is 13.1 Å². The number of likely N-dealkylation sites (N-methyl/N-ethyl adjacent to an activating group) is 1. The van der Waals surface area contributed by atoms with Crippen molar-refractivity contribution in [2.75, 3.05) is 50.4 Å². The second-order valence-electron chi connectivity index (χ2n) is 4.51. The molecule has 0 saturated carbocycles. The first-order valence-electron chi connectivity index (χ1n) is 7.11. The third-order valence-corrected chi connectivity index (χ3v) is 5.36. The standard InChI is InChI=1S/C12H26Cl3N2O3P/c1-3-16(4-2)11-12(5-6-13)20-21(18,19)17(9-7-14)10-8-15/h12H,3-11H2,1-2H3,(H,18,19). The molecule has 0 rings (SSSR count). The Labute approximate surface area is 143 Å². The van der Waals surface area contributed by atoms with E-state index in [4.69, 9.17) is 39.3 Å². The first kappa shape index (κ1) is 21.9. The van der Waals surface area contributed by atoms with Gasteiger partial charge >= 0.3 is 7.75 Å². The number of hydrogen-bond acceptors (Lipinski definition) is 3. The van der Waals surface area contributed by atoms with Crippen LogP contribution in [0.2, 0.25) is 0 Å². The highest BCUT2D eigenvalue weighted by atomic mass is 35.5. The molecule has 2 unspecified atom stereocenters. The molecule has 0 aromatic heterocycles. The summed E-state index contributed by atoms with van der Waals surface area (Å²) < 4.78 is 19.2. The van der Waals surface area contributed by atoms with Gasteiger partial charge in [0, 0.05) is 37.3 Å². The van der Waals surface area contributed by atoms with E-state index in [0.29, 0.717) is 18.8 Å². The third-order valence-electron chi connectivity index (χ3n) is 3.12. The van der Waals surface area contributed by atoms with Gasteiger partial charge in [0.05, 0.1) is 6.10 Å². The van der Waals surface area contributed by atoms with Gasteiger partial charge in [-0.15, -0.1) is 34.8 Å². The molecule has 9 heteroatoms. The maximum absolute atomic E-state index is 12.4. The Morgan fingerprint density at radius 3 is 2.00 bits per heavy atom. The molecule has 0 spiro atoms. The van der Waals surface area contributed by atoms with E-state index in [1.54, 1.807) is 0 Å². The zero-order valence-corrected chi connectivity index (χ0v) is 15.8. The zero-order valence-electron chi connectivity index (χ0n) is 12.7. The van der Waals surface area contributed by atoms with Crippen molar-refractivity contribution in [2.45, 2.75) is 26.4 Å². The van der Waals surface area contributed by atoms with E-state index in [9.17, 15) is 9.46 Å². The van der Waals surface area contributed by atoms with Gasteiger partial charge in [0.15, 0.2) is 0 Å². The predicted octanol–water partition coefficient (Wildman–Crippen LogP) is 3.22. The molecule has 21 heavy (non-hydrogen) atoms. The van der Waals surface area contributed by atoms with Crippen LogP contribution in [0.5, 0.6) is 0 Å². The van der Waals surface area contributed by atoms with Crippen molar-refractivity contribution in [1.82, 2.24) is 9.57 Å². The summed E-state index contributed by atoms with van der Waals surface area (Å²) in [6, 6.07) is 0. The molecule has 1 N–H and O–H groups in total. The van der Waals surface area contributed by atoms with Crippen LogP contribution in [-0.4, -0.2) is 70.9 Å². The lowest BCUT2D eigenvalue weighted by molar-refractivity contribution is 0.102. The van der Waals surface area contributed by atoms with Crippen molar-refractivity contribution < 1.29 is 14.0 Å². The largest absolute Gasteiger partial charge is 0.405 e. The number of halogens is 3. The molecule has 0 bridgehead atoms. The monoisotopic (exact) mass is 382 g/mol. The van der Waals surface area contributed by atoms with Crippen LogP contribution in [0.1, 0.15) is 20.3 Å². The normalized spacial score (nSPS) is 16.4. The summed E-state index contributed by atoms with van der Waals surface area (Å²) in [5.41, 5.74) is 0. The lowest BCUT2D eigenvalue weighted by Gasteiger charge is -2.31. The average Bonchev–Trinajstić information content (AvgIpc) is 2.44. The first-order chi connectivity index (χ1) is 9.94. The Balaban J connectivity index is 4.80. The van der Waals surface area contributed by atoms with Gasteiger partial charge in [0.1, 0.15) is 0 Å². The average molecular weight is 384 g/mol. The van der Waals surface area contributed by atoms with Crippen molar-refractivity contribution in [3.05, 3.63) is 0 Å². The van der Waals surface area contributed by atoms with E-state index >= 15 is 0 Å². The van der Waals surface area contributed by atoms with E-state index < -0.39 is 13.9 Å². The Bertz CT molecular complexity index is 303. The number of hydrogen-bond donors (Lipinski definition) is 1. The number of nitrogens with zero attached hydrogens (tertiary/aromatic N) is 2. The van der Waals surface area contributed by atoms with Crippen LogP contribution >= 0.6 is 42.5 Å². The van der Waals surface area contributed by atoms with Gasteiger partial charge in [0.2, 0.25) is 0 Å². The number of alkyl halides is 3. The fourth-order valence-corrected chi connectivity index (χ4v) is 4.18. The Kier molecular flexibility index (Phi) is 12.9. The minimum Gasteiger partial charge on any atom is -0.312 e. The highest BCUT2D eigenvalue weighted by molar-refractivity contribution is 7.50. The van der Waals surface area contributed by atoms with Gasteiger partial charge in [-0.3, -0.25) is 4.52 Å². The van der Waals surface area contributed by atoms with Crippen molar-refractivity contribution >= 4 is 42.5 Å². The molecular formula is C12H26Cl3N2O3P. The minimum atomic E-state index is -3.92. The molecule has 0 radical (unpaired) electrons. The van der Waals surface area contributed by atoms with E-state index in [2.05, 4.69) is 4.90 Å². The zero-order chi connectivity index (χ0) is 16.3. The Morgan fingerprint density at radius 1 is 1.10 bits per heavy atom. The molecule has 0 aromatic rings. The second kappa shape index (κ2) is 12.4. The molecule has 0 saturated heterocycles. The fraction of sp³-hybridized carbons (Fsp3) is 1.00. The van der Waals surface area contributed by atoms with E-state index in [1.807, 2.05) is 13.8 Å². The van der Waals surface area contributed by atoms with Gasteiger partial charge in [-0.2, -0.15) is 0 Å². The van der Waals surface area contributed by atoms with Crippen molar-refractivity contribution in [3.8, 4) is 0 Å². The lowest BCUT2D eigenvalue weighted by Crippen LogP contribution is -2.35. The minimum absolute atomic E-state index is 0.237. The smallest absolute Gasteiger partial charge is 0.312 e. The van der Waals surface area contributed by atoms with Gasteiger partial charge in [-0.25, -0.2) is 9.24 Å². The molecule has 0 aliphatic heterocycles. The quantitative estimate of drug-likeness (QED) is 0.391. The second-order valence-corrected chi connectivity index (χ2v) is 7.40. The molecule has 128 valence electrons. The summed E-state index contributed by atoms with van der Waals surface area (Å²) in [7, 11) is -3.92. The highest BCUT2D eigenvalue weighted by Gasteiger charge is 2.32. The summed E-state index contributed by atoms with van der Waals surface area (Å²) in [6.07, 6.45) is 0.115. The molecule has 0 fully saturated rings. The predicted molar refractivity (Wildman–Crippen MR) is 90.8 cm³/mol. The van der Waals surface area contributed by atoms with Crippen molar-refractivity contribution in [1.29, 1.82) is 0 Å². The highest BCUT2D eigenvalue weighted by Crippen LogP contribution is 2.47.